The van der Waals surface area contributed by atoms with E-state index in [1.807, 2.05) is 6.07 Å². The summed E-state index contributed by atoms with van der Waals surface area (Å²) in [7, 11) is 0. The third kappa shape index (κ3) is 4.06. The van der Waals surface area contributed by atoms with Crippen molar-refractivity contribution in [3.8, 4) is 0 Å². The third-order valence-electron chi connectivity index (χ3n) is 5.48. The van der Waals surface area contributed by atoms with Crippen LogP contribution in [0.3, 0.4) is 0 Å². The van der Waals surface area contributed by atoms with Gasteiger partial charge in [0.15, 0.2) is 0 Å². The van der Waals surface area contributed by atoms with Crippen LogP contribution >= 0.6 is 0 Å². The second-order valence-electron chi connectivity index (χ2n) is 7.71. The molecule has 33 heavy (non-hydrogen) atoms. The lowest BCUT2D eigenvalue weighted by molar-refractivity contribution is -0.122. The number of urea groups is 1. The molecule has 4 rings (SSSR count). The van der Waals surface area contributed by atoms with Crippen molar-refractivity contribution in [2.75, 3.05) is 10.3 Å². The molecule has 2 aromatic carbocycles. The molecule has 8 nitrogen and oxygen atoms in total. The Hall–Kier alpha value is -4.46. The number of aryl methyl sites for hydroxylation is 2. The molecule has 2 N–H and O–H groups in total. The van der Waals surface area contributed by atoms with Gasteiger partial charge >= 0.3 is 6.03 Å². The lowest BCUT2D eigenvalue weighted by Crippen LogP contribution is -2.54. The van der Waals surface area contributed by atoms with Gasteiger partial charge in [-0.3, -0.25) is 29.8 Å². The zero-order valence-corrected chi connectivity index (χ0v) is 18.4. The van der Waals surface area contributed by atoms with E-state index in [-0.39, 0.29) is 11.5 Å². The fourth-order valence-corrected chi connectivity index (χ4v) is 3.71. The Balaban J connectivity index is 1.68. The maximum Gasteiger partial charge on any atom is 0.335 e. The number of aromatic nitrogens is 1. The standard InChI is InChI=1S/C25H22N4O4/c1-15-9-7-8-12-21(15)28-24(32)20(23(31)26-25(28)33)14-19-13-16(2)29(17(19)3)27-22(30)18-10-5-4-6-11-18/h4-14H,1-3H3,(H,27,30)(H,26,31,33)/b20-14+. The minimum atomic E-state index is -0.794. The molecule has 166 valence electrons. The van der Waals surface area contributed by atoms with E-state index in [4.69, 9.17) is 0 Å². The number of rotatable bonds is 4. The molecule has 3 aromatic rings. The Kier molecular flexibility index (Phi) is 5.66. The molecule has 1 aliphatic rings. The topological polar surface area (TPSA) is 101 Å². The first-order chi connectivity index (χ1) is 15.8. The average molecular weight is 442 g/mol. The molecule has 0 unspecified atom stereocenters. The van der Waals surface area contributed by atoms with Gasteiger partial charge in [-0.1, -0.05) is 36.4 Å². The number of carbonyl (C=O) groups is 4. The number of barbiturate groups is 1. The predicted molar refractivity (Wildman–Crippen MR) is 124 cm³/mol. The van der Waals surface area contributed by atoms with Gasteiger partial charge in [-0.2, -0.15) is 0 Å². The first-order valence-electron chi connectivity index (χ1n) is 10.3. The first-order valence-corrected chi connectivity index (χ1v) is 10.3. The van der Waals surface area contributed by atoms with E-state index in [1.54, 1.807) is 80.0 Å². The smallest absolute Gasteiger partial charge is 0.273 e. The second kappa shape index (κ2) is 8.58. The highest BCUT2D eigenvalue weighted by Crippen LogP contribution is 2.26. The van der Waals surface area contributed by atoms with Gasteiger partial charge in [0.1, 0.15) is 5.57 Å². The van der Waals surface area contributed by atoms with Crippen molar-refractivity contribution in [2.45, 2.75) is 20.8 Å². The van der Waals surface area contributed by atoms with Gasteiger partial charge in [0, 0.05) is 17.0 Å². The van der Waals surface area contributed by atoms with Crippen LogP contribution in [0, 0.1) is 20.8 Å². The lowest BCUT2D eigenvalue weighted by Gasteiger charge is -2.27. The fraction of sp³-hybridized carbons (Fsp3) is 0.120. The van der Waals surface area contributed by atoms with Crippen LogP contribution in [0.15, 0.2) is 66.2 Å². The van der Waals surface area contributed by atoms with E-state index in [2.05, 4.69) is 10.7 Å². The number of anilines is 1. The van der Waals surface area contributed by atoms with E-state index in [1.165, 1.54) is 6.08 Å². The van der Waals surface area contributed by atoms with Crippen molar-refractivity contribution in [3.05, 3.63) is 94.3 Å². The Labute approximate surface area is 190 Å². The van der Waals surface area contributed by atoms with Crippen molar-refractivity contribution in [3.63, 3.8) is 0 Å². The van der Waals surface area contributed by atoms with Crippen LogP contribution in [0.5, 0.6) is 0 Å². The van der Waals surface area contributed by atoms with E-state index in [0.717, 1.165) is 10.5 Å². The second-order valence-corrected chi connectivity index (χ2v) is 7.71. The number of hydrogen-bond donors (Lipinski definition) is 2. The van der Waals surface area contributed by atoms with Gasteiger partial charge in [0.2, 0.25) is 0 Å². The maximum absolute atomic E-state index is 13.2. The predicted octanol–water partition coefficient (Wildman–Crippen LogP) is 3.46. The van der Waals surface area contributed by atoms with Crippen LogP contribution in [0.25, 0.3) is 6.08 Å². The van der Waals surface area contributed by atoms with Crippen LogP contribution in [-0.4, -0.2) is 28.4 Å². The first kappa shape index (κ1) is 21.8. The van der Waals surface area contributed by atoms with E-state index >= 15 is 0 Å². The summed E-state index contributed by atoms with van der Waals surface area (Å²) >= 11 is 0. The molecule has 1 aliphatic heterocycles. The molecule has 1 saturated heterocycles. The van der Waals surface area contributed by atoms with Gasteiger partial charge in [-0.15, -0.1) is 0 Å². The van der Waals surface area contributed by atoms with Crippen LogP contribution in [0.4, 0.5) is 10.5 Å². The van der Waals surface area contributed by atoms with Crippen molar-refractivity contribution in [2.24, 2.45) is 0 Å². The van der Waals surface area contributed by atoms with E-state index < -0.39 is 17.8 Å². The zero-order valence-electron chi connectivity index (χ0n) is 18.4. The monoisotopic (exact) mass is 442 g/mol. The largest absolute Gasteiger partial charge is 0.335 e. The normalized spacial score (nSPS) is 15.1. The minimum absolute atomic E-state index is 0.174. The van der Waals surface area contributed by atoms with Crippen LogP contribution < -0.4 is 15.6 Å². The SMILES string of the molecule is Cc1ccccc1N1C(=O)NC(=O)/C(=C\c2cc(C)n(NC(=O)c3ccccc3)c2C)C1=O. The van der Waals surface area contributed by atoms with Crippen LogP contribution in [0.2, 0.25) is 0 Å². The number of nitrogens with zero attached hydrogens (tertiary/aromatic N) is 2. The van der Waals surface area contributed by atoms with Gasteiger partial charge in [-0.25, -0.2) is 9.69 Å². The Morgan fingerprint density at radius 2 is 1.61 bits per heavy atom. The average Bonchev–Trinajstić information content (AvgIpc) is 3.05. The molecule has 0 bridgehead atoms. The molecule has 0 radical (unpaired) electrons. The zero-order chi connectivity index (χ0) is 23.7. The molecule has 0 atom stereocenters. The lowest BCUT2D eigenvalue weighted by atomic mass is 10.1. The van der Waals surface area contributed by atoms with Crippen molar-refractivity contribution in [1.29, 1.82) is 0 Å². The molecule has 0 aliphatic carbocycles. The van der Waals surface area contributed by atoms with Crippen LogP contribution in [0.1, 0.15) is 32.9 Å². The number of imide groups is 2. The Bertz CT molecular complexity index is 1320. The highest BCUT2D eigenvalue weighted by molar-refractivity contribution is 6.39. The minimum Gasteiger partial charge on any atom is -0.273 e. The Morgan fingerprint density at radius 3 is 2.30 bits per heavy atom. The van der Waals surface area contributed by atoms with Gasteiger partial charge in [0.25, 0.3) is 17.7 Å². The molecule has 5 amide bonds. The summed E-state index contributed by atoms with van der Waals surface area (Å²) in [5.74, 6) is -1.77. The van der Waals surface area contributed by atoms with Crippen LogP contribution in [-0.2, 0) is 9.59 Å². The summed E-state index contributed by atoms with van der Waals surface area (Å²) in [6.07, 6.45) is 1.43. The molecule has 1 aromatic heterocycles. The summed E-state index contributed by atoms with van der Waals surface area (Å²) in [5, 5.41) is 2.23. The molecule has 0 saturated carbocycles. The van der Waals surface area contributed by atoms with Crippen molar-refractivity contribution in [1.82, 2.24) is 9.99 Å². The summed E-state index contributed by atoms with van der Waals surface area (Å²) in [5.41, 5.74) is 6.17. The maximum atomic E-state index is 13.2. The molecule has 2 heterocycles. The van der Waals surface area contributed by atoms with Crippen molar-refractivity contribution < 1.29 is 19.2 Å². The molecule has 8 heteroatoms. The molecule has 0 spiro atoms. The summed E-state index contributed by atoms with van der Waals surface area (Å²) in [6.45, 7) is 5.34. The summed E-state index contributed by atoms with van der Waals surface area (Å²) in [4.78, 5) is 51.7. The third-order valence-corrected chi connectivity index (χ3v) is 5.48. The number of benzene rings is 2. The number of carbonyl (C=O) groups excluding carboxylic acids is 4. The van der Waals surface area contributed by atoms with Gasteiger partial charge in [0.05, 0.1) is 5.69 Å². The summed E-state index contributed by atoms with van der Waals surface area (Å²) < 4.78 is 1.59. The molecular weight excluding hydrogens is 420 g/mol. The Morgan fingerprint density at radius 1 is 0.939 bits per heavy atom. The van der Waals surface area contributed by atoms with Crippen molar-refractivity contribution >= 4 is 35.5 Å². The summed E-state index contributed by atoms with van der Waals surface area (Å²) in [6, 6.07) is 16.7. The number of nitrogens with one attached hydrogen (secondary N) is 2. The van der Waals surface area contributed by atoms with E-state index in [9.17, 15) is 19.2 Å². The molecular formula is C25H22N4O4. The number of hydrogen-bond acceptors (Lipinski definition) is 4. The number of para-hydroxylation sites is 1. The van der Waals surface area contributed by atoms with Gasteiger partial charge < -0.3 is 0 Å². The number of amides is 5. The molecule has 1 fully saturated rings. The highest BCUT2D eigenvalue weighted by Gasteiger charge is 2.37. The van der Waals surface area contributed by atoms with E-state index in [0.29, 0.717) is 28.2 Å². The van der Waals surface area contributed by atoms with Gasteiger partial charge in [-0.05, 0) is 62.2 Å². The highest BCUT2D eigenvalue weighted by atomic mass is 16.2. The fourth-order valence-electron chi connectivity index (χ4n) is 3.71. The quantitative estimate of drug-likeness (QED) is 0.477.